The van der Waals surface area contributed by atoms with Crippen LogP contribution in [0, 0.1) is 12.8 Å². The zero-order valence-electron chi connectivity index (χ0n) is 43.9. The van der Waals surface area contributed by atoms with Crippen molar-refractivity contribution in [2.45, 2.75) is 49.8 Å². The zero-order valence-corrected chi connectivity index (χ0v) is 49.0. The summed E-state index contributed by atoms with van der Waals surface area (Å²) in [5.41, 5.74) is 11.6. The molecule has 3 nitrogen and oxygen atoms in total. The van der Waals surface area contributed by atoms with E-state index in [1.807, 2.05) is 0 Å². The van der Waals surface area contributed by atoms with Gasteiger partial charge in [0, 0.05) is 45.3 Å². The molecule has 0 radical (unpaired) electrons. The van der Waals surface area contributed by atoms with E-state index in [0.29, 0.717) is 11.3 Å². The van der Waals surface area contributed by atoms with Crippen LogP contribution in [0.1, 0.15) is 94.4 Å². The van der Waals surface area contributed by atoms with E-state index in [9.17, 15) is 25.2 Å². The Labute approximate surface area is 479 Å². The smallest absolute Gasteiger partial charge is 0.219 e. The van der Waals surface area contributed by atoms with Crippen LogP contribution in [0.15, 0.2) is 218 Å². The maximum atomic E-state index is 9.87. The summed E-state index contributed by atoms with van der Waals surface area (Å²) in [5, 5.41) is 5.67. The molecule has 13 heteroatoms. The molecule has 0 saturated carbocycles. The van der Waals surface area contributed by atoms with Gasteiger partial charge < -0.3 is 14.2 Å². The first-order chi connectivity index (χ1) is 37.8. The molecule has 0 N–H and O–H groups in total. The number of rotatable bonds is 6. The van der Waals surface area contributed by atoms with Crippen LogP contribution in [0.4, 0.5) is 25.2 Å². The normalized spacial score (nSPS) is 15.8. The molecule has 2 aliphatic carbocycles. The van der Waals surface area contributed by atoms with Crippen molar-refractivity contribution in [3.63, 3.8) is 0 Å². The van der Waals surface area contributed by atoms with E-state index in [0.717, 1.165) is 39.6 Å². The van der Waals surface area contributed by atoms with E-state index in [-0.39, 0.29) is 20.1 Å². The van der Waals surface area contributed by atoms with E-state index in [2.05, 4.69) is 243 Å². The van der Waals surface area contributed by atoms with Gasteiger partial charge >= 0.3 is 53.1 Å². The van der Waals surface area contributed by atoms with Crippen molar-refractivity contribution < 1.29 is 59.5 Å². The summed E-state index contributed by atoms with van der Waals surface area (Å²) < 4.78 is 74.0. The summed E-state index contributed by atoms with van der Waals surface area (Å²) in [6.45, 7) is 6.00. The maximum absolute atomic E-state index is 10.7. The first-order valence-corrected chi connectivity index (χ1v) is 31.4. The first-order valence-electron chi connectivity index (χ1n) is 26.6. The fourth-order valence-electron chi connectivity index (χ4n) is 9.68. The van der Waals surface area contributed by atoms with Crippen molar-refractivity contribution in [2.75, 3.05) is 39.6 Å². The van der Waals surface area contributed by atoms with Gasteiger partial charge in [-0.3, -0.25) is 0 Å². The monoisotopic (exact) mass is 1310 g/mol. The average Bonchev–Trinajstić information content (AvgIpc) is 4.47. The summed E-state index contributed by atoms with van der Waals surface area (Å²) in [6, 6.07) is 79.6. The summed E-state index contributed by atoms with van der Waals surface area (Å²) in [5.74, 6) is 0. The Bertz CT molecular complexity index is 2780. The van der Waals surface area contributed by atoms with E-state index >= 15 is 0 Å². The molecule has 3 fully saturated rings. The topological polar surface area (TPSA) is 27.7 Å². The van der Waals surface area contributed by atoms with Crippen molar-refractivity contribution in [2.24, 2.45) is 0 Å². The van der Waals surface area contributed by atoms with Gasteiger partial charge in [0.25, 0.3) is 0 Å². The quantitative estimate of drug-likeness (QED) is 0.0943. The summed E-state index contributed by atoms with van der Waals surface area (Å²) >= 11 is 0. The molecule has 5 aliphatic rings. The van der Waals surface area contributed by atoms with Gasteiger partial charge in [0.2, 0.25) is 0 Å². The second-order valence-electron chi connectivity index (χ2n) is 19.0. The van der Waals surface area contributed by atoms with Crippen molar-refractivity contribution in [1.29, 1.82) is 0 Å². The van der Waals surface area contributed by atoms with Crippen LogP contribution in [0.5, 0.6) is 0 Å². The Morgan fingerprint density at radius 1 is 0.316 bits per heavy atom. The van der Waals surface area contributed by atoms with E-state index in [1.54, 1.807) is 0 Å². The second kappa shape index (κ2) is 29.4. The van der Waals surface area contributed by atoms with Gasteiger partial charge in [0.05, 0.1) is 0 Å². The molecule has 13 rings (SSSR count). The molecule has 8 aromatic rings. The van der Waals surface area contributed by atoms with Crippen LogP contribution in [0.3, 0.4) is 0 Å². The van der Waals surface area contributed by atoms with Crippen LogP contribution >= 0.6 is 23.7 Å². The third-order valence-electron chi connectivity index (χ3n) is 13.2. The molecular formula is C66H66F6IrO3P3. The number of hydrogen-bond acceptors (Lipinski definition) is 3. The van der Waals surface area contributed by atoms with Crippen LogP contribution < -0.4 is 21.2 Å². The molecule has 0 atom stereocenters. The fourth-order valence-corrected chi connectivity index (χ4v) is 15.5. The predicted molar refractivity (Wildman–Crippen MR) is 317 cm³/mol. The molecule has 0 unspecified atom stereocenters. The fraction of sp³-hybridized carbons (Fsp3) is 0.212. The van der Waals surface area contributed by atoms with E-state index < -0.39 is 23.7 Å². The molecule has 79 heavy (non-hydrogen) atoms. The molecule has 0 spiro atoms. The number of benzene rings is 8. The minimum absolute atomic E-state index is 0. The van der Waals surface area contributed by atoms with Gasteiger partial charge in [-0.05, 0) is 89.9 Å². The number of hydrogen-bond donors (Lipinski definition) is 0. The minimum Gasteiger partial charge on any atom is -0.219 e. The van der Waals surface area contributed by atoms with Crippen molar-refractivity contribution in [3.8, 4) is 0 Å². The standard InChI is InChI=1S/2C27H21P.3C4H8O.F6P.Ir/c2*1-3-13-23(14-4-1)28(24-15-5-2-6-16-24)27-25-17-9-7-11-21(25)19-20-22-12-8-10-18-26(22)27;3*1-2-4-5-3-1;1-7(2,3,4,5)6;/h2*1-20,27H;3*1-4H2;;/q;-2;;;;-1;+3. The van der Waals surface area contributed by atoms with Crippen molar-refractivity contribution in [1.82, 2.24) is 0 Å². The predicted octanol–water partition coefficient (Wildman–Crippen LogP) is 18.2. The van der Waals surface area contributed by atoms with Crippen LogP contribution in [-0.4, -0.2) is 39.6 Å². The van der Waals surface area contributed by atoms with Gasteiger partial charge in [0.15, 0.2) is 0 Å². The van der Waals surface area contributed by atoms with Crippen molar-refractivity contribution >= 4 is 57.0 Å². The van der Waals surface area contributed by atoms with Crippen LogP contribution in [-0.2, 0) is 34.3 Å². The van der Waals surface area contributed by atoms with Crippen LogP contribution in [0.25, 0.3) is 12.2 Å². The van der Waals surface area contributed by atoms with Gasteiger partial charge in [-0.2, -0.15) is 23.3 Å². The molecule has 8 aromatic carbocycles. The Kier molecular flexibility index (Phi) is 22.8. The minimum atomic E-state index is -10.7. The third-order valence-corrected chi connectivity index (χ3v) is 18.7. The SMILES string of the molecule is C1=Cc2ccccc2C(P(c2ccccc2)c2ccccc2)c2ccccc21.C1CCOC1.C1CCOC1.C1CCOC1.F[P-](F)(F)(F)(F)F.[Ir+3].c1ccc(P(c2ccccc2)C2c3ccccc3[CH-][CH-]c3ccccc32)cc1. The van der Waals surface area contributed by atoms with Gasteiger partial charge in [-0.15, -0.1) is 35.4 Å². The zero-order chi connectivity index (χ0) is 54.5. The Morgan fingerprint density at radius 2 is 0.544 bits per heavy atom. The van der Waals surface area contributed by atoms with Gasteiger partial charge in [-0.1, -0.05) is 208 Å². The Balaban J connectivity index is 0.000000164. The first kappa shape index (κ1) is 61.3. The van der Waals surface area contributed by atoms with Crippen molar-refractivity contribution in [3.05, 3.63) is 276 Å². The Morgan fingerprint density at radius 3 is 0.810 bits per heavy atom. The van der Waals surface area contributed by atoms with Crippen LogP contribution in [0.2, 0.25) is 0 Å². The van der Waals surface area contributed by atoms with E-state index in [1.165, 1.54) is 104 Å². The van der Waals surface area contributed by atoms with Gasteiger partial charge in [-0.25, -0.2) is 12.8 Å². The second-order valence-corrected chi connectivity index (χ2v) is 25.5. The molecule has 414 valence electrons. The summed E-state index contributed by atoms with van der Waals surface area (Å²) in [6.07, 6.45) is 16.8. The summed E-state index contributed by atoms with van der Waals surface area (Å²) in [4.78, 5) is 0. The molecule has 3 heterocycles. The maximum Gasteiger partial charge on any atom is 3.00 e. The largest absolute Gasteiger partial charge is 3.00 e. The number of fused-ring (bicyclic) bond motifs is 4. The third kappa shape index (κ3) is 19.7. The van der Waals surface area contributed by atoms with Gasteiger partial charge in [0.1, 0.15) is 0 Å². The molecule has 0 bridgehead atoms. The molecule has 0 amide bonds. The van der Waals surface area contributed by atoms with E-state index in [4.69, 9.17) is 14.2 Å². The average molecular weight is 1310 g/mol. The molecule has 0 aromatic heterocycles. The molecule has 3 aliphatic heterocycles. The number of halogens is 6. The Hall–Kier alpha value is -5.36. The molecule has 3 saturated heterocycles. The summed E-state index contributed by atoms with van der Waals surface area (Å²) in [7, 11) is -11.9. The molecular weight excluding hydrogens is 1240 g/mol. The number of ether oxygens (including phenoxy) is 3.